The number of carbonyl (C=O) groups is 2. The molecule has 9 nitrogen and oxygen atoms in total. The van der Waals surface area contributed by atoms with Crippen LogP contribution in [0, 0.1) is 0 Å². The average molecular weight is 488 g/mol. The summed E-state index contributed by atoms with van der Waals surface area (Å²) >= 11 is 1.40. The third kappa shape index (κ3) is 3.85. The molecule has 1 aliphatic heterocycles. The van der Waals surface area contributed by atoms with E-state index in [1.54, 1.807) is 27.9 Å². The Labute approximate surface area is 205 Å². The Morgan fingerprint density at radius 3 is 2.46 bits per heavy atom. The van der Waals surface area contributed by atoms with Gasteiger partial charge in [-0.05, 0) is 22.6 Å². The smallest absolute Gasteiger partial charge is 0.291 e. The molecule has 1 aliphatic rings. The van der Waals surface area contributed by atoms with Gasteiger partial charge < -0.3 is 0 Å². The molecule has 176 valence electrons. The number of fused-ring (bicyclic) bond motifs is 3. The molecule has 1 atom stereocenters. The van der Waals surface area contributed by atoms with E-state index in [9.17, 15) is 14.4 Å². The van der Waals surface area contributed by atoms with E-state index in [1.165, 1.54) is 30.3 Å². The molecule has 3 heterocycles. The van der Waals surface area contributed by atoms with Gasteiger partial charge in [-0.15, -0.1) is 0 Å². The number of benzene rings is 2. The number of hydrogen-bond acceptors (Lipinski definition) is 6. The highest BCUT2D eigenvalue weighted by molar-refractivity contribution is 7.99. The number of nitrogens with one attached hydrogen (secondary N) is 1. The van der Waals surface area contributed by atoms with Gasteiger partial charge in [0.2, 0.25) is 17.0 Å². The minimum Gasteiger partial charge on any atom is -0.291 e. The van der Waals surface area contributed by atoms with Crippen molar-refractivity contribution in [3.8, 4) is 22.5 Å². The molecule has 0 saturated heterocycles. The SMILES string of the molecule is CCSc1n[n+]2c(c(=O)[nH]1)-c1ccccc1N(C(C)=O)C2c1cn(C(C)=O)nc1-c1ccccc1. The summed E-state index contributed by atoms with van der Waals surface area (Å²) in [5.74, 6) is 0.199. The van der Waals surface area contributed by atoms with E-state index in [0.717, 1.165) is 5.56 Å². The number of para-hydroxylation sites is 1. The predicted molar refractivity (Wildman–Crippen MR) is 132 cm³/mol. The molecule has 0 aliphatic carbocycles. The second kappa shape index (κ2) is 8.95. The van der Waals surface area contributed by atoms with Crippen LogP contribution in [-0.2, 0) is 4.79 Å². The summed E-state index contributed by atoms with van der Waals surface area (Å²) in [6.07, 6.45) is 0.782. The number of nitrogens with zero attached hydrogens (tertiary/aromatic N) is 5. The monoisotopic (exact) mass is 487 g/mol. The molecule has 1 amide bonds. The zero-order valence-electron chi connectivity index (χ0n) is 19.4. The lowest BCUT2D eigenvalue weighted by Gasteiger charge is -2.31. The number of thioether (sulfide) groups is 1. The highest BCUT2D eigenvalue weighted by Crippen LogP contribution is 2.39. The van der Waals surface area contributed by atoms with Crippen molar-refractivity contribution in [1.29, 1.82) is 0 Å². The quantitative estimate of drug-likeness (QED) is 0.350. The van der Waals surface area contributed by atoms with Crippen LogP contribution < -0.4 is 15.1 Å². The molecule has 0 fully saturated rings. The predicted octanol–water partition coefficient (Wildman–Crippen LogP) is 3.27. The minimum absolute atomic E-state index is 0.234. The molecule has 2 aromatic carbocycles. The van der Waals surface area contributed by atoms with Gasteiger partial charge in [0.15, 0.2) is 0 Å². The molecular formula is C25H23N6O3S+. The van der Waals surface area contributed by atoms with Crippen molar-refractivity contribution in [2.24, 2.45) is 0 Å². The first-order chi connectivity index (χ1) is 16.9. The number of carbonyl (C=O) groups excluding carboxylic acids is 2. The van der Waals surface area contributed by atoms with Gasteiger partial charge in [0.05, 0.1) is 16.8 Å². The second-order valence-electron chi connectivity index (χ2n) is 8.03. The van der Waals surface area contributed by atoms with E-state index in [0.29, 0.717) is 39.1 Å². The van der Waals surface area contributed by atoms with Crippen LogP contribution in [0.4, 0.5) is 5.69 Å². The molecule has 0 spiro atoms. The van der Waals surface area contributed by atoms with Crippen molar-refractivity contribution < 1.29 is 14.3 Å². The van der Waals surface area contributed by atoms with Crippen LogP contribution >= 0.6 is 11.8 Å². The van der Waals surface area contributed by atoms with E-state index in [-0.39, 0.29) is 17.4 Å². The maximum atomic E-state index is 13.3. The first-order valence-electron chi connectivity index (χ1n) is 11.1. The van der Waals surface area contributed by atoms with Gasteiger partial charge in [-0.3, -0.25) is 19.4 Å². The van der Waals surface area contributed by atoms with Crippen molar-refractivity contribution in [3.05, 3.63) is 76.7 Å². The third-order valence-corrected chi connectivity index (χ3v) is 6.51. The zero-order valence-corrected chi connectivity index (χ0v) is 20.2. The number of amides is 1. The van der Waals surface area contributed by atoms with Gasteiger partial charge in [-0.25, -0.2) is 9.58 Å². The van der Waals surface area contributed by atoms with Crippen LogP contribution in [0.25, 0.3) is 22.5 Å². The van der Waals surface area contributed by atoms with Gasteiger partial charge >= 0.3 is 11.3 Å². The van der Waals surface area contributed by atoms with Crippen LogP contribution in [0.1, 0.15) is 37.3 Å². The van der Waals surface area contributed by atoms with Gasteiger partial charge in [0, 0.05) is 30.7 Å². The fourth-order valence-corrected chi connectivity index (χ4v) is 4.94. The molecule has 0 bridgehead atoms. The third-order valence-electron chi connectivity index (χ3n) is 5.77. The highest BCUT2D eigenvalue weighted by atomic mass is 32.2. The van der Waals surface area contributed by atoms with Crippen LogP contribution in [0.5, 0.6) is 0 Å². The van der Waals surface area contributed by atoms with Crippen LogP contribution in [0.2, 0.25) is 0 Å². The molecule has 10 heteroatoms. The number of aromatic nitrogens is 5. The van der Waals surface area contributed by atoms with Gasteiger partial charge in [0.1, 0.15) is 5.69 Å². The van der Waals surface area contributed by atoms with Crippen molar-refractivity contribution in [2.45, 2.75) is 32.1 Å². The van der Waals surface area contributed by atoms with Crippen LogP contribution in [0.3, 0.4) is 0 Å². The Morgan fingerprint density at radius 1 is 1.06 bits per heavy atom. The summed E-state index contributed by atoms with van der Waals surface area (Å²) < 4.78 is 2.83. The zero-order chi connectivity index (χ0) is 24.7. The Bertz CT molecular complexity index is 1510. The van der Waals surface area contributed by atoms with Crippen molar-refractivity contribution in [1.82, 2.24) is 19.9 Å². The summed E-state index contributed by atoms with van der Waals surface area (Å²) in [6.45, 7) is 4.86. The topological polar surface area (TPSA) is 105 Å². The fourth-order valence-electron chi connectivity index (χ4n) is 4.35. The molecule has 5 rings (SSSR count). The van der Waals surface area contributed by atoms with E-state index < -0.39 is 6.17 Å². The molecule has 35 heavy (non-hydrogen) atoms. The molecule has 2 aromatic heterocycles. The van der Waals surface area contributed by atoms with E-state index in [2.05, 4.69) is 10.1 Å². The highest BCUT2D eigenvalue weighted by Gasteiger charge is 2.46. The molecule has 1 N–H and O–H groups in total. The Balaban J connectivity index is 1.87. The summed E-state index contributed by atoms with van der Waals surface area (Å²) in [6, 6.07) is 16.7. The maximum Gasteiger partial charge on any atom is 0.325 e. The van der Waals surface area contributed by atoms with Gasteiger partial charge in [-0.1, -0.05) is 61.2 Å². The number of rotatable bonds is 4. The summed E-state index contributed by atoms with van der Waals surface area (Å²) in [7, 11) is 0. The van der Waals surface area contributed by atoms with E-state index in [1.807, 2.05) is 49.4 Å². The number of hydrogen-bond donors (Lipinski definition) is 1. The lowest BCUT2D eigenvalue weighted by molar-refractivity contribution is -0.763. The van der Waals surface area contributed by atoms with Gasteiger partial charge in [-0.2, -0.15) is 5.10 Å². The van der Waals surface area contributed by atoms with Crippen LogP contribution in [0.15, 0.2) is 70.7 Å². The Kier molecular flexibility index (Phi) is 5.81. The summed E-state index contributed by atoms with van der Waals surface area (Å²) in [5, 5.41) is 9.75. The Morgan fingerprint density at radius 2 is 1.77 bits per heavy atom. The summed E-state index contributed by atoms with van der Waals surface area (Å²) in [4.78, 5) is 43.3. The fraction of sp³-hybridized carbons (Fsp3) is 0.200. The van der Waals surface area contributed by atoms with Crippen molar-refractivity contribution in [2.75, 3.05) is 10.7 Å². The molecule has 0 saturated carbocycles. The summed E-state index contributed by atoms with van der Waals surface area (Å²) in [5.41, 5.74) is 3.09. The number of aromatic amines is 1. The number of H-pyrrole nitrogens is 1. The lowest BCUT2D eigenvalue weighted by atomic mass is 10.00. The second-order valence-corrected chi connectivity index (χ2v) is 9.28. The lowest BCUT2D eigenvalue weighted by Crippen LogP contribution is -2.60. The molecule has 0 radical (unpaired) electrons. The minimum atomic E-state index is -0.834. The Hall–Kier alpha value is -4.05. The van der Waals surface area contributed by atoms with Gasteiger partial charge in [0.25, 0.3) is 6.17 Å². The number of anilines is 1. The van der Waals surface area contributed by atoms with E-state index in [4.69, 9.17) is 5.10 Å². The van der Waals surface area contributed by atoms with Crippen LogP contribution in [-0.4, -0.2) is 37.4 Å². The average Bonchev–Trinajstić information content (AvgIpc) is 3.29. The van der Waals surface area contributed by atoms with Crippen molar-refractivity contribution >= 4 is 29.3 Å². The van der Waals surface area contributed by atoms with Crippen molar-refractivity contribution in [3.63, 3.8) is 0 Å². The van der Waals surface area contributed by atoms with E-state index >= 15 is 0 Å². The molecule has 1 unspecified atom stereocenters. The first-order valence-corrected chi connectivity index (χ1v) is 12.1. The largest absolute Gasteiger partial charge is 0.325 e. The normalized spacial score (nSPS) is 14.4. The maximum absolute atomic E-state index is 13.3. The standard InChI is InChI=1S/C25H22N6O3S/c1-4-35-25-26-23(34)22-18-12-8-9-13-20(18)30(16(3)33)24(31(22)28-25)19-14-29(15(2)32)27-21(19)17-10-6-5-7-11-17/h5-14,24H,4H2,1-3H3/p+1. The molecule has 4 aromatic rings. The first kappa shape index (κ1) is 22.7. The molecular weight excluding hydrogens is 464 g/mol.